The van der Waals surface area contributed by atoms with E-state index >= 15 is 0 Å². The Balaban J connectivity index is 1.98. The van der Waals surface area contributed by atoms with E-state index < -0.39 is 17.8 Å². The molecule has 138 valence electrons. The van der Waals surface area contributed by atoms with Crippen LogP contribution in [0.4, 0.5) is 10.5 Å². The van der Waals surface area contributed by atoms with Gasteiger partial charge in [0.2, 0.25) is 0 Å². The van der Waals surface area contributed by atoms with Crippen LogP contribution in [0.3, 0.4) is 0 Å². The van der Waals surface area contributed by atoms with Crippen molar-refractivity contribution in [1.29, 1.82) is 0 Å². The molecule has 1 aliphatic rings. The fraction of sp³-hybridized carbons (Fsp3) is 0.150. The van der Waals surface area contributed by atoms with E-state index in [2.05, 4.69) is 5.32 Å². The first-order valence-electron chi connectivity index (χ1n) is 8.32. The molecule has 7 nitrogen and oxygen atoms in total. The van der Waals surface area contributed by atoms with E-state index in [4.69, 9.17) is 9.47 Å². The van der Waals surface area contributed by atoms with Crippen molar-refractivity contribution in [2.45, 2.75) is 6.92 Å². The standard InChI is InChI=1S/C20H18N2O5/c1-3-27-16-10-9-13(12-17(16)26-2)11-15-18(23)21-20(25)22(19(15)24)14-7-5-4-6-8-14/h4-12H,3H2,1-2H3,(H,21,23,25)/b15-11+. The number of urea groups is 1. The zero-order chi connectivity index (χ0) is 19.4. The molecular formula is C20H18N2O5. The largest absolute Gasteiger partial charge is 0.493 e. The Morgan fingerprint density at radius 3 is 2.44 bits per heavy atom. The molecule has 1 aliphatic heterocycles. The summed E-state index contributed by atoms with van der Waals surface area (Å²) in [6, 6.07) is 12.7. The summed E-state index contributed by atoms with van der Waals surface area (Å²) in [5.41, 5.74) is 0.795. The number of rotatable bonds is 5. The summed E-state index contributed by atoms with van der Waals surface area (Å²) >= 11 is 0. The van der Waals surface area contributed by atoms with Crippen molar-refractivity contribution in [3.05, 3.63) is 59.7 Å². The lowest BCUT2D eigenvalue weighted by Gasteiger charge is -2.26. The van der Waals surface area contributed by atoms with Gasteiger partial charge in [0.05, 0.1) is 19.4 Å². The molecule has 1 saturated heterocycles. The van der Waals surface area contributed by atoms with E-state index in [1.807, 2.05) is 6.92 Å². The molecule has 0 aromatic heterocycles. The van der Waals surface area contributed by atoms with Gasteiger partial charge in [0, 0.05) is 0 Å². The highest BCUT2D eigenvalue weighted by Gasteiger charge is 2.36. The number of hydrogen-bond donors (Lipinski definition) is 1. The second-order valence-electron chi connectivity index (χ2n) is 5.64. The Morgan fingerprint density at radius 1 is 1.04 bits per heavy atom. The summed E-state index contributed by atoms with van der Waals surface area (Å²) in [6.45, 7) is 2.33. The van der Waals surface area contributed by atoms with Crippen LogP contribution in [0, 0.1) is 0 Å². The maximum absolute atomic E-state index is 12.8. The van der Waals surface area contributed by atoms with Crippen molar-refractivity contribution in [2.24, 2.45) is 0 Å². The number of methoxy groups -OCH3 is 1. The number of para-hydroxylation sites is 1. The first kappa shape index (κ1) is 18.2. The summed E-state index contributed by atoms with van der Waals surface area (Å²) in [4.78, 5) is 38.1. The van der Waals surface area contributed by atoms with Gasteiger partial charge in [-0.05, 0) is 42.8 Å². The molecule has 27 heavy (non-hydrogen) atoms. The molecule has 1 fully saturated rings. The van der Waals surface area contributed by atoms with E-state index in [1.165, 1.54) is 13.2 Å². The molecule has 1 N–H and O–H groups in total. The van der Waals surface area contributed by atoms with Crippen LogP contribution >= 0.6 is 0 Å². The maximum atomic E-state index is 12.8. The molecule has 0 atom stereocenters. The number of nitrogens with one attached hydrogen (secondary N) is 1. The third-order valence-corrected chi connectivity index (χ3v) is 3.91. The van der Waals surface area contributed by atoms with Gasteiger partial charge in [-0.1, -0.05) is 24.3 Å². The Labute approximate surface area is 156 Å². The van der Waals surface area contributed by atoms with Gasteiger partial charge in [-0.15, -0.1) is 0 Å². The van der Waals surface area contributed by atoms with E-state index in [1.54, 1.807) is 48.5 Å². The van der Waals surface area contributed by atoms with Crippen molar-refractivity contribution in [2.75, 3.05) is 18.6 Å². The van der Waals surface area contributed by atoms with Gasteiger partial charge in [-0.3, -0.25) is 14.9 Å². The van der Waals surface area contributed by atoms with Crippen LogP contribution in [0.15, 0.2) is 54.1 Å². The third-order valence-electron chi connectivity index (χ3n) is 3.91. The molecule has 1 heterocycles. The van der Waals surface area contributed by atoms with Gasteiger partial charge in [-0.2, -0.15) is 0 Å². The molecule has 3 rings (SSSR count). The predicted octanol–water partition coefficient (Wildman–Crippen LogP) is 2.76. The smallest absolute Gasteiger partial charge is 0.335 e. The molecule has 7 heteroatoms. The van der Waals surface area contributed by atoms with Crippen molar-refractivity contribution >= 4 is 29.6 Å². The molecule has 0 bridgehead atoms. The summed E-state index contributed by atoms with van der Waals surface area (Å²) in [7, 11) is 1.50. The quantitative estimate of drug-likeness (QED) is 0.650. The Hall–Kier alpha value is -3.61. The number of hydrogen-bond acceptors (Lipinski definition) is 5. The Kier molecular flexibility index (Phi) is 5.21. The van der Waals surface area contributed by atoms with E-state index in [0.717, 1.165) is 4.90 Å². The molecule has 0 saturated carbocycles. The second-order valence-corrected chi connectivity index (χ2v) is 5.64. The predicted molar refractivity (Wildman–Crippen MR) is 99.6 cm³/mol. The van der Waals surface area contributed by atoms with Crippen LogP contribution in [-0.4, -0.2) is 31.6 Å². The number of benzene rings is 2. The highest BCUT2D eigenvalue weighted by molar-refractivity contribution is 6.39. The summed E-state index contributed by atoms with van der Waals surface area (Å²) in [6.07, 6.45) is 1.41. The number of carbonyl (C=O) groups is 3. The van der Waals surface area contributed by atoms with E-state index in [9.17, 15) is 14.4 Å². The van der Waals surface area contributed by atoms with Gasteiger partial charge >= 0.3 is 6.03 Å². The Bertz CT molecular complexity index is 921. The highest BCUT2D eigenvalue weighted by atomic mass is 16.5. The highest BCUT2D eigenvalue weighted by Crippen LogP contribution is 2.29. The summed E-state index contributed by atoms with van der Waals surface area (Å²) in [5, 5.41) is 2.19. The van der Waals surface area contributed by atoms with Gasteiger partial charge in [0.15, 0.2) is 11.5 Å². The summed E-state index contributed by atoms with van der Waals surface area (Å²) in [5.74, 6) is -0.402. The van der Waals surface area contributed by atoms with Crippen LogP contribution in [0.25, 0.3) is 6.08 Å². The normalized spacial score (nSPS) is 15.7. The zero-order valence-electron chi connectivity index (χ0n) is 14.9. The number of nitrogens with zero attached hydrogens (tertiary/aromatic N) is 1. The molecule has 2 aromatic rings. The summed E-state index contributed by atoms with van der Waals surface area (Å²) < 4.78 is 10.7. The minimum atomic E-state index is -0.780. The number of anilines is 1. The first-order valence-corrected chi connectivity index (χ1v) is 8.32. The SMILES string of the molecule is CCOc1ccc(/C=C2\C(=O)NC(=O)N(c3ccccc3)C2=O)cc1OC. The zero-order valence-corrected chi connectivity index (χ0v) is 14.9. The van der Waals surface area contributed by atoms with Crippen LogP contribution in [0.1, 0.15) is 12.5 Å². The average Bonchev–Trinajstić information content (AvgIpc) is 2.67. The number of ether oxygens (including phenoxy) is 2. The van der Waals surface area contributed by atoms with Gasteiger partial charge < -0.3 is 9.47 Å². The molecule has 2 aromatic carbocycles. The minimum absolute atomic E-state index is 0.148. The number of amides is 4. The van der Waals surface area contributed by atoms with Crippen LogP contribution < -0.4 is 19.7 Å². The number of barbiturate groups is 1. The molecule has 0 unspecified atom stereocenters. The Morgan fingerprint density at radius 2 is 1.78 bits per heavy atom. The van der Waals surface area contributed by atoms with E-state index in [-0.39, 0.29) is 5.57 Å². The topological polar surface area (TPSA) is 84.9 Å². The van der Waals surface area contributed by atoms with Crippen molar-refractivity contribution in [1.82, 2.24) is 5.32 Å². The minimum Gasteiger partial charge on any atom is -0.493 e. The van der Waals surface area contributed by atoms with Crippen molar-refractivity contribution in [3.63, 3.8) is 0 Å². The fourth-order valence-corrected chi connectivity index (χ4v) is 2.68. The van der Waals surface area contributed by atoms with Gasteiger partial charge in [0.1, 0.15) is 5.57 Å². The molecule has 0 radical (unpaired) electrons. The van der Waals surface area contributed by atoms with Crippen molar-refractivity contribution in [3.8, 4) is 11.5 Å². The maximum Gasteiger partial charge on any atom is 0.335 e. The van der Waals surface area contributed by atoms with Crippen LogP contribution in [0.2, 0.25) is 0 Å². The lowest BCUT2D eigenvalue weighted by atomic mass is 10.1. The van der Waals surface area contributed by atoms with Gasteiger partial charge in [0.25, 0.3) is 11.8 Å². The lowest BCUT2D eigenvalue weighted by Crippen LogP contribution is -2.54. The van der Waals surface area contributed by atoms with Crippen LogP contribution in [0.5, 0.6) is 11.5 Å². The number of imide groups is 2. The third kappa shape index (κ3) is 3.67. The molecular weight excluding hydrogens is 348 g/mol. The molecule has 4 amide bonds. The molecule has 0 spiro atoms. The second kappa shape index (κ2) is 7.74. The van der Waals surface area contributed by atoms with Crippen LogP contribution in [-0.2, 0) is 9.59 Å². The lowest BCUT2D eigenvalue weighted by molar-refractivity contribution is -0.122. The average molecular weight is 366 g/mol. The van der Waals surface area contributed by atoms with Gasteiger partial charge in [-0.25, -0.2) is 9.69 Å². The fourth-order valence-electron chi connectivity index (χ4n) is 2.68. The molecule has 0 aliphatic carbocycles. The van der Waals surface area contributed by atoms with E-state index in [0.29, 0.717) is 29.4 Å². The number of carbonyl (C=O) groups excluding carboxylic acids is 3. The first-order chi connectivity index (χ1) is 13.0. The van der Waals surface area contributed by atoms with Crippen molar-refractivity contribution < 1.29 is 23.9 Å². The monoisotopic (exact) mass is 366 g/mol.